The Bertz CT molecular complexity index is 705. The van der Waals surface area contributed by atoms with Crippen molar-refractivity contribution in [1.29, 1.82) is 0 Å². The van der Waals surface area contributed by atoms with Crippen LogP contribution in [0.25, 0.3) is 0 Å². The molecule has 0 bridgehead atoms. The van der Waals surface area contributed by atoms with Gasteiger partial charge >= 0.3 is 0 Å². The van der Waals surface area contributed by atoms with Gasteiger partial charge in [0.1, 0.15) is 5.76 Å². The lowest BCUT2D eigenvalue weighted by atomic mass is 10.1. The number of rotatable bonds is 5. The number of furan rings is 1. The normalized spacial score (nSPS) is 20.1. The molecule has 1 saturated heterocycles. The minimum Gasteiger partial charge on any atom is -0.469 e. The van der Waals surface area contributed by atoms with Gasteiger partial charge in [-0.15, -0.1) is 0 Å². The third-order valence-electron chi connectivity index (χ3n) is 4.90. The lowest BCUT2D eigenvalue weighted by molar-refractivity contribution is 0.187. The molecule has 0 spiro atoms. The Morgan fingerprint density at radius 3 is 3.04 bits per heavy atom. The quantitative estimate of drug-likeness (QED) is 0.672. The van der Waals surface area contributed by atoms with Gasteiger partial charge in [-0.05, 0) is 36.6 Å². The van der Waals surface area contributed by atoms with E-state index in [1.54, 1.807) is 6.26 Å². The molecule has 2 aliphatic rings. The molecule has 1 fully saturated rings. The van der Waals surface area contributed by atoms with Crippen molar-refractivity contribution >= 4 is 11.6 Å². The zero-order valence-electron chi connectivity index (χ0n) is 14.5. The van der Waals surface area contributed by atoms with E-state index in [1.165, 1.54) is 11.3 Å². The van der Waals surface area contributed by atoms with Crippen LogP contribution in [0.2, 0.25) is 0 Å². The lowest BCUT2D eigenvalue weighted by Crippen LogP contribution is -2.42. The summed E-state index contributed by atoms with van der Waals surface area (Å²) in [4.78, 5) is 7.24. The molecule has 1 atom stereocenters. The molecule has 0 saturated carbocycles. The standard InChI is InChI=1S/C20H25N3O2/c1-2-6-19-17(4-1)8-11-23(19)20(22-14-16-9-13-24-15-16)21-10-7-18-5-3-12-25-18/h1-6,12,16H,7-11,13-15H2,(H,21,22). The summed E-state index contributed by atoms with van der Waals surface area (Å²) < 4.78 is 10.9. The van der Waals surface area contributed by atoms with E-state index in [0.29, 0.717) is 5.92 Å². The maximum atomic E-state index is 5.49. The van der Waals surface area contributed by atoms with Gasteiger partial charge in [-0.3, -0.25) is 4.99 Å². The second-order valence-corrected chi connectivity index (χ2v) is 6.68. The van der Waals surface area contributed by atoms with E-state index >= 15 is 0 Å². The van der Waals surface area contributed by atoms with Gasteiger partial charge in [0, 0.05) is 44.3 Å². The molecule has 1 N–H and O–H groups in total. The lowest BCUT2D eigenvalue weighted by Gasteiger charge is -2.23. The molecule has 2 aromatic rings. The molecule has 1 unspecified atom stereocenters. The summed E-state index contributed by atoms with van der Waals surface area (Å²) in [7, 11) is 0. The first kappa shape index (κ1) is 16.2. The second-order valence-electron chi connectivity index (χ2n) is 6.68. The van der Waals surface area contributed by atoms with Crippen molar-refractivity contribution in [2.24, 2.45) is 10.9 Å². The molecule has 4 rings (SSSR count). The van der Waals surface area contributed by atoms with Crippen molar-refractivity contribution in [3.8, 4) is 0 Å². The first-order valence-corrected chi connectivity index (χ1v) is 9.14. The molecule has 3 heterocycles. The number of benzene rings is 1. The van der Waals surface area contributed by atoms with Crippen molar-refractivity contribution in [2.75, 3.05) is 37.7 Å². The maximum absolute atomic E-state index is 5.49. The summed E-state index contributed by atoms with van der Waals surface area (Å²) in [6.45, 7) is 4.31. The monoisotopic (exact) mass is 339 g/mol. The van der Waals surface area contributed by atoms with Gasteiger partial charge in [-0.1, -0.05) is 18.2 Å². The molecule has 1 aromatic heterocycles. The first-order chi connectivity index (χ1) is 12.4. The molecule has 0 amide bonds. The van der Waals surface area contributed by atoms with Gasteiger partial charge in [-0.25, -0.2) is 0 Å². The Balaban J connectivity index is 1.46. The van der Waals surface area contributed by atoms with E-state index in [0.717, 1.165) is 63.8 Å². The van der Waals surface area contributed by atoms with Crippen LogP contribution in [0.3, 0.4) is 0 Å². The van der Waals surface area contributed by atoms with Crippen LogP contribution in [0.4, 0.5) is 5.69 Å². The van der Waals surface area contributed by atoms with Gasteiger partial charge in [0.2, 0.25) is 0 Å². The summed E-state index contributed by atoms with van der Waals surface area (Å²) in [6, 6.07) is 12.5. The fraction of sp³-hybridized carbons (Fsp3) is 0.450. The third-order valence-corrected chi connectivity index (χ3v) is 4.90. The SMILES string of the molecule is c1coc(CCNC(=NCC2CCOC2)N2CCc3ccccc32)c1. The average Bonchev–Trinajstić information content (AvgIpc) is 3.39. The van der Waals surface area contributed by atoms with E-state index in [1.807, 2.05) is 12.1 Å². The Morgan fingerprint density at radius 1 is 1.24 bits per heavy atom. The van der Waals surface area contributed by atoms with Crippen molar-refractivity contribution < 1.29 is 9.15 Å². The Labute approximate surface area is 148 Å². The van der Waals surface area contributed by atoms with E-state index in [2.05, 4.69) is 34.5 Å². The van der Waals surface area contributed by atoms with Gasteiger partial charge < -0.3 is 19.4 Å². The Kier molecular flexibility index (Phi) is 5.02. The smallest absolute Gasteiger partial charge is 0.198 e. The molecular weight excluding hydrogens is 314 g/mol. The number of anilines is 1. The molecule has 1 aromatic carbocycles. The van der Waals surface area contributed by atoms with Crippen molar-refractivity contribution in [3.63, 3.8) is 0 Å². The number of hydrogen-bond acceptors (Lipinski definition) is 3. The van der Waals surface area contributed by atoms with Gasteiger partial charge in [0.05, 0.1) is 12.9 Å². The highest BCUT2D eigenvalue weighted by Gasteiger charge is 2.23. The van der Waals surface area contributed by atoms with Gasteiger partial charge in [0.15, 0.2) is 5.96 Å². The van der Waals surface area contributed by atoms with E-state index in [4.69, 9.17) is 14.1 Å². The summed E-state index contributed by atoms with van der Waals surface area (Å²) in [5, 5.41) is 3.54. The van der Waals surface area contributed by atoms with Crippen LogP contribution in [-0.4, -0.2) is 38.8 Å². The van der Waals surface area contributed by atoms with Crippen LogP contribution >= 0.6 is 0 Å². The highest BCUT2D eigenvalue weighted by molar-refractivity contribution is 5.98. The summed E-state index contributed by atoms with van der Waals surface area (Å²) in [6.07, 6.45) is 4.76. The number of hydrogen-bond donors (Lipinski definition) is 1. The molecule has 25 heavy (non-hydrogen) atoms. The van der Waals surface area contributed by atoms with E-state index in [9.17, 15) is 0 Å². The maximum Gasteiger partial charge on any atom is 0.198 e. The number of nitrogens with one attached hydrogen (secondary N) is 1. The molecular formula is C20H25N3O2. The molecule has 2 aliphatic heterocycles. The number of guanidine groups is 1. The van der Waals surface area contributed by atoms with Crippen LogP contribution in [0.5, 0.6) is 0 Å². The Morgan fingerprint density at radius 2 is 2.20 bits per heavy atom. The molecule has 0 aliphatic carbocycles. The van der Waals surface area contributed by atoms with Crippen molar-refractivity contribution in [2.45, 2.75) is 19.3 Å². The molecule has 5 heteroatoms. The van der Waals surface area contributed by atoms with Crippen LogP contribution in [0.15, 0.2) is 52.1 Å². The van der Waals surface area contributed by atoms with E-state index in [-0.39, 0.29) is 0 Å². The minimum absolute atomic E-state index is 0.541. The molecule has 5 nitrogen and oxygen atoms in total. The fourth-order valence-corrected chi connectivity index (χ4v) is 3.49. The average molecular weight is 339 g/mol. The van der Waals surface area contributed by atoms with Crippen LogP contribution in [0.1, 0.15) is 17.7 Å². The summed E-state index contributed by atoms with van der Waals surface area (Å²) in [5.41, 5.74) is 2.67. The van der Waals surface area contributed by atoms with Gasteiger partial charge in [-0.2, -0.15) is 0 Å². The van der Waals surface area contributed by atoms with Crippen molar-refractivity contribution in [3.05, 3.63) is 54.0 Å². The van der Waals surface area contributed by atoms with Crippen LogP contribution in [-0.2, 0) is 17.6 Å². The molecule has 0 radical (unpaired) electrons. The van der Waals surface area contributed by atoms with Gasteiger partial charge in [0.25, 0.3) is 0 Å². The first-order valence-electron chi connectivity index (χ1n) is 9.14. The molecule has 132 valence electrons. The minimum atomic E-state index is 0.541. The highest BCUT2D eigenvalue weighted by atomic mass is 16.5. The predicted octanol–water partition coefficient (Wildman–Crippen LogP) is 2.87. The van der Waals surface area contributed by atoms with Crippen LogP contribution < -0.4 is 10.2 Å². The number of nitrogens with zero attached hydrogens (tertiary/aromatic N) is 2. The number of fused-ring (bicyclic) bond motifs is 1. The zero-order valence-corrected chi connectivity index (χ0v) is 14.5. The topological polar surface area (TPSA) is 50.0 Å². The zero-order chi connectivity index (χ0) is 16.9. The van der Waals surface area contributed by atoms with Crippen molar-refractivity contribution in [1.82, 2.24) is 5.32 Å². The van der Waals surface area contributed by atoms with Crippen LogP contribution in [0, 0.1) is 5.92 Å². The summed E-state index contributed by atoms with van der Waals surface area (Å²) >= 11 is 0. The highest BCUT2D eigenvalue weighted by Crippen LogP contribution is 2.27. The number of para-hydroxylation sites is 1. The summed E-state index contributed by atoms with van der Waals surface area (Å²) in [5.74, 6) is 2.51. The largest absolute Gasteiger partial charge is 0.469 e. The third kappa shape index (κ3) is 3.87. The Hall–Kier alpha value is -2.27. The number of ether oxygens (including phenoxy) is 1. The van der Waals surface area contributed by atoms with E-state index < -0.39 is 0 Å². The second kappa shape index (κ2) is 7.74. The fourth-order valence-electron chi connectivity index (χ4n) is 3.49. The predicted molar refractivity (Wildman–Crippen MR) is 99.1 cm³/mol. The number of aliphatic imine (C=N–C) groups is 1.